The number of benzene rings is 1. The number of amides is 1. The fraction of sp³-hybridized carbons (Fsp3) is 0.467. The van der Waals surface area contributed by atoms with E-state index < -0.39 is 15.9 Å². The largest absolute Gasteiger partial charge is 0.271 e. The zero-order valence-corrected chi connectivity index (χ0v) is 14.3. The van der Waals surface area contributed by atoms with Crippen LogP contribution >= 0.6 is 11.6 Å². The number of nitrogens with zero attached hydrogens (tertiary/aromatic N) is 1. The number of nitrogens with two attached hydrogens (primary N) is 1. The Morgan fingerprint density at radius 1 is 1.13 bits per heavy atom. The van der Waals surface area contributed by atoms with Crippen LogP contribution in [0, 0.1) is 0 Å². The molecule has 1 aromatic carbocycles. The minimum absolute atomic E-state index is 0.0182. The minimum Gasteiger partial charge on any atom is -0.267 e. The van der Waals surface area contributed by atoms with Crippen molar-refractivity contribution >= 4 is 33.2 Å². The summed E-state index contributed by atoms with van der Waals surface area (Å²) in [5, 5.41) is 9.24. The Kier molecular flexibility index (Phi) is 6.15. The lowest BCUT2D eigenvalue weighted by Gasteiger charge is -2.11. The van der Waals surface area contributed by atoms with E-state index in [9.17, 15) is 13.2 Å². The van der Waals surface area contributed by atoms with E-state index in [1.807, 2.05) is 0 Å². The maximum atomic E-state index is 12.1. The third-order valence-electron chi connectivity index (χ3n) is 3.75. The third-order valence-corrected chi connectivity index (χ3v) is 5.14. The molecule has 0 spiro atoms. The van der Waals surface area contributed by atoms with Crippen LogP contribution < -0.4 is 10.6 Å². The van der Waals surface area contributed by atoms with Crippen molar-refractivity contribution in [2.75, 3.05) is 0 Å². The summed E-state index contributed by atoms with van der Waals surface area (Å²) in [7, 11) is -3.98. The fourth-order valence-corrected chi connectivity index (χ4v) is 3.55. The van der Waals surface area contributed by atoms with Crippen LogP contribution in [0.3, 0.4) is 0 Å². The first-order chi connectivity index (χ1) is 10.9. The van der Waals surface area contributed by atoms with Crippen LogP contribution in [0.5, 0.6) is 0 Å². The van der Waals surface area contributed by atoms with Crippen LogP contribution in [-0.4, -0.2) is 20.0 Å². The topological polar surface area (TPSA) is 102 Å². The quantitative estimate of drug-likeness (QED) is 0.813. The Balaban J connectivity index is 2.11. The smallest absolute Gasteiger partial charge is 0.267 e. The molecule has 0 saturated heterocycles. The Morgan fingerprint density at radius 2 is 1.74 bits per heavy atom. The molecule has 0 unspecified atom stereocenters. The van der Waals surface area contributed by atoms with Gasteiger partial charge in [-0.2, -0.15) is 5.10 Å². The Labute approximate surface area is 141 Å². The highest BCUT2D eigenvalue weighted by Gasteiger charge is 2.16. The lowest BCUT2D eigenvalue weighted by Crippen LogP contribution is -2.21. The molecular formula is C15H20ClN3O3S. The molecule has 1 amide bonds. The normalized spacial score (nSPS) is 16.3. The molecule has 23 heavy (non-hydrogen) atoms. The van der Waals surface area contributed by atoms with E-state index in [0.717, 1.165) is 37.5 Å². The Morgan fingerprint density at radius 3 is 2.35 bits per heavy atom. The lowest BCUT2D eigenvalue weighted by atomic mass is 9.99. The number of nitrogens with one attached hydrogen (secondary N) is 1. The summed E-state index contributed by atoms with van der Waals surface area (Å²) >= 11 is 5.80. The van der Waals surface area contributed by atoms with Crippen molar-refractivity contribution in [3.8, 4) is 0 Å². The predicted molar refractivity (Wildman–Crippen MR) is 90.0 cm³/mol. The lowest BCUT2D eigenvalue weighted by molar-refractivity contribution is 0.0954. The maximum Gasteiger partial charge on any atom is 0.271 e. The van der Waals surface area contributed by atoms with E-state index in [0.29, 0.717) is 0 Å². The number of sulfonamides is 1. The number of hydrogen-bond donors (Lipinski definition) is 2. The molecule has 1 fully saturated rings. The summed E-state index contributed by atoms with van der Waals surface area (Å²) in [6, 6.07) is 3.93. The molecule has 1 saturated carbocycles. The molecule has 3 N–H and O–H groups in total. The van der Waals surface area contributed by atoms with Gasteiger partial charge in [0.05, 0.1) is 5.02 Å². The van der Waals surface area contributed by atoms with Gasteiger partial charge in [0, 0.05) is 11.3 Å². The van der Waals surface area contributed by atoms with E-state index >= 15 is 0 Å². The van der Waals surface area contributed by atoms with Gasteiger partial charge in [0.15, 0.2) is 0 Å². The summed E-state index contributed by atoms with van der Waals surface area (Å²) in [5.74, 6) is -0.485. The molecule has 0 radical (unpaired) electrons. The third kappa shape index (κ3) is 5.30. The average molecular weight is 358 g/mol. The Bertz CT molecular complexity index is 707. The highest BCUT2D eigenvalue weighted by atomic mass is 35.5. The zero-order valence-electron chi connectivity index (χ0n) is 12.7. The molecule has 0 bridgehead atoms. The van der Waals surface area contributed by atoms with Crippen LogP contribution in [-0.2, 0) is 10.0 Å². The van der Waals surface area contributed by atoms with Gasteiger partial charge in [-0.05, 0) is 43.9 Å². The van der Waals surface area contributed by atoms with Gasteiger partial charge in [0.1, 0.15) is 4.90 Å². The fourth-order valence-electron chi connectivity index (χ4n) is 2.48. The standard InChI is InChI=1S/C15H20ClN3O3S/c16-13-9-8-11(10-14(13)23(17,21)22)15(20)19-18-12-6-4-2-1-3-5-7-12/h8-10H,1-7H2,(H,19,20)(H2,17,21,22). The van der Waals surface area contributed by atoms with Gasteiger partial charge in [0.25, 0.3) is 5.91 Å². The molecular weight excluding hydrogens is 338 g/mol. The molecule has 0 aliphatic heterocycles. The number of primary sulfonamides is 1. The number of hydrazone groups is 1. The molecule has 0 aromatic heterocycles. The number of carbonyl (C=O) groups is 1. The highest BCUT2D eigenvalue weighted by Crippen LogP contribution is 2.21. The monoisotopic (exact) mass is 357 g/mol. The first-order valence-corrected chi connectivity index (χ1v) is 9.48. The van der Waals surface area contributed by atoms with Crippen LogP contribution in [0.2, 0.25) is 5.02 Å². The molecule has 2 rings (SSSR count). The van der Waals surface area contributed by atoms with Crippen LogP contribution in [0.25, 0.3) is 0 Å². The average Bonchev–Trinajstić information content (AvgIpc) is 2.45. The molecule has 6 nitrogen and oxygen atoms in total. The van der Waals surface area contributed by atoms with Gasteiger partial charge in [-0.15, -0.1) is 0 Å². The molecule has 8 heteroatoms. The molecule has 1 aliphatic rings. The molecule has 1 aromatic rings. The van der Waals surface area contributed by atoms with Crippen LogP contribution in [0.15, 0.2) is 28.2 Å². The van der Waals surface area contributed by atoms with Crippen molar-refractivity contribution in [3.05, 3.63) is 28.8 Å². The minimum atomic E-state index is -3.98. The van der Waals surface area contributed by atoms with Crippen molar-refractivity contribution in [1.82, 2.24) is 5.43 Å². The second kappa shape index (κ2) is 7.90. The summed E-state index contributed by atoms with van der Waals surface area (Å²) in [6.45, 7) is 0. The molecule has 0 atom stereocenters. The van der Waals surface area contributed by atoms with Gasteiger partial charge in [0.2, 0.25) is 10.0 Å². The summed E-state index contributed by atoms with van der Waals surface area (Å²) < 4.78 is 22.9. The molecule has 1 aliphatic carbocycles. The van der Waals surface area contributed by atoms with Gasteiger partial charge in [-0.1, -0.05) is 30.9 Å². The van der Waals surface area contributed by atoms with Crippen molar-refractivity contribution in [2.45, 2.75) is 49.8 Å². The van der Waals surface area contributed by atoms with Gasteiger partial charge in [-0.3, -0.25) is 4.79 Å². The predicted octanol–water partition coefficient (Wildman–Crippen LogP) is 2.82. The number of hydrogen-bond acceptors (Lipinski definition) is 4. The van der Waals surface area contributed by atoms with E-state index in [1.54, 1.807) is 0 Å². The van der Waals surface area contributed by atoms with Crippen LogP contribution in [0.1, 0.15) is 55.3 Å². The van der Waals surface area contributed by atoms with Crippen molar-refractivity contribution in [3.63, 3.8) is 0 Å². The van der Waals surface area contributed by atoms with E-state index in [2.05, 4.69) is 10.5 Å². The summed E-state index contributed by atoms with van der Waals surface area (Å²) in [4.78, 5) is 11.9. The van der Waals surface area contributed by atoms with Crippen molar-refractivity contribution in [2.24, 2.45) is 10.2 Å². The second-order valence-electron chi connectivity index (χ2n) is 5.58. The summed E-state index contributed by atoms with van der Waals surface area (Å²) in [5.41, 5.74) is 3.60. The number of rotatable bonds is 3. The second-order valence-corrected chi connectivity index (χ2v) is 7.51. The summed E-state index contributed by atoms with van der Waals surface area (Å²) in [6.07, 6.45) is 7.52. The van der Waals surface area contributed by atoms with Gasteiger partial charge >= 0.3 is 0 Å². The SMILES string of the molecule is NS(=O)(=O)c1cc(C(=O)NN=C2CCCCCCC2)ccc1Cl. The number of halogens is 1. The molecule has 126 valence electrons. The first-order valence-electron chi connectivity index (χ1n) is 7.56. The maximum absolute atomic E-state index is 12.1. The number of carbonyl (C=O) groups excluding carboxylic acids is 1. The highest BCUT2D eigenvalue weighted by molar-refractivity contribution is 7.89. The van der Waals surface area contributed by atoms with Gasteiger partial charge in [-0.25, -0.2) is 19.0 Å². The zero-order chi connectivity index (χ0) is 16.9. The Hall–Kier alpha value is -1.44. The molecule has 0 heterocycles. The van der Waals surface area contributed by atoms with E-state index in [1.165, 1.54) is 31.4 Å². The van der Waals surface area contributed by atoms with Crippen molar-refractivity contribution in [1.29, 1.82) is 0 Å². The van der Waals surface area contributed by atoms with Crippen LogP contribution in [0.4, 0.5) is 0 Å². The van der Waals surface area contributed by atoms with Gasteiger partial charge < -0.3 is 0 Å². The van der Waals surface area contributed by atoms with E-state index in [-0.39, 0.29) is 15.5 Å². The van der Waals surface area contributed by atoms with Crippen molar-refractivity contribution < 1.29 is 13.2 Å². The first kappa shape index (κ1) is 17.9. The van der Waals surface area contributed by atoms with E-state index in [4.69, 9.17) is 16.7 Å².